The molecular weight excluding hydrogens is 448 g/mol. The van der Waals surface area contributed by atoms with E-state index in [4.69, 9.17) is 4.74 Å². The van der Waals surface area contributed by atoms with Crippen molar-refractivity contribution in [3.63, 3.8) is 0 Å². The molecule has 0 aromatic carbocycles. The lowest BCUT2D eigenvalue weighted by molar-refractivity contribution is -0.143. The van der Waals surface area contributed by atoms with Crippen LogP contribution in [0.25, 0.3) is 0 Å². The van der Waals surface area contributed by atoms with Gasteiger partial charge in [0.25, 0.3) is 0 Å². The van der Waals surface area contributed by atoms with E-state index in [0.29, 0.717) is 19.6 Å². The third-order valence-electron chi connectivity index (χ3n) is 3.84. The van der Waals surface area contributed by atoms with Gasteiger partial charge in [0.15, 0.2) is 5.96 Å². The number of aliphatic imine (C=N–C) groups is 1. The molecule has 1 saturated heterocycles. The van der Waals surface area contributed by atoms with Crippen molar-refractivity contribution < 1.29 is 17.9 Å². The van der Waals surface area contributed by atoms with Crippen molar-refractivity contribution in [2.45, 2.75) is 39.3 Å². The Balaban J connectivity index is 0.00000576. The van der Waals surface area contributed by atoms with E-state index in [1.807, 2.05) is 13.8 Å². The zero-order valence-electron chi connectivity index (χ0n) is 15.2. The van der Waals surface area contributed by atoms with E-state index in [-0.39, 0.29) is 29.9 Å². The maximum absolute atomic E-state index is 12.4. The molecule has 0 bridgehead atoms. The molecule has 0 radical (unpaired) electrons. The van der Waals surface area contributed by atoms with Crippen LogP contribution in [0.4, 0.5) is 13.2 Å². The van der Waals surface area contributed by atoms with Crippen molar-refractivity contribution in [1.82, 2.24) is 15.5 Å². The van der Waals surface area contributed by atoms with E-state index in [0.717, 1.165) is 51.5 Å². The quantitative estimate of drug-likeness (QED) is 0.219. The molecule has 5 nitrogen and oxygen atoms in total. The molecule has 1 fully saturated rings. The van der Waals surface area contributed by atoms with E-state index < -0.39 is 12.7 Å². The average molecular weight is 480 g/mol. The molecule has 1 aliphatic heterocycles. The van der Waals surface area contributed by atoms with Crippen LogP contribution in [0.15, 0.2) is 4.99 Å². The lowest BCUT2D eigenvalue weighted by Crippen LogP contribution is -2.38. The van der Waals surface area contributed by atoms with Crippen LogP contribution in [-0.2, 0) is 4.74 Å². The van der Waals surface area contributed by atoms with Gasteiger partial charge in [0.05, 0.1) is 6.54 Å². The maximum atomic E-state index is 12.4. The van der Waals surface area contributed by atoms with Gasteiger partial charge in [-0.15, -0.1) is 24.0 Å². The van der Waals surface area contributed by atoms with Gasteiger partial charge in [-0.25, -0.2) is 0 Å². The Morgan fingerprint density at radius 1 is 1.24 bits per heavy atom. The fourth-order valence-corrected chi connectivity index (χ4v) is 2.70. The third kappa shape index (κ3) is 12.7. The summed E-state index contributed by atoms with van der Waals surface area (Å²) in [6.07, 6.45) is -1.36. The number of nitrogens with one attached hydrogen (secondary N) is 2. The smallest absolute Gasteiger partial charge is 0.382 e. The Morgan fingerprint density at radius 3 is 2.64 bits per heavy atom. The molecular formula is C16H32F3IN4O. The number of guanidine groups is 1. The van der Waals surface area contributed by atoms with Crippen LogP contribution in [0, 0.1) is 5.92 Å². The fourth-order valence-electron chi connectivity index (χ4n) is 2.70. The molecule has 0 saturated carbocycles. The zero-order chi connectivity index (χ0) is 17.8. The van der Waals surface area contributed by atoms with Crippen LogP contribution in [0.5, 0.6) is 0 Å². The molecule has 1 rings (SSSR count). The molecule has 0 aromatic rings. The van der Waals surface area contributed by atoms with Crippen LogP contribution in [0.2, 0.25) is 0 Å². The topological polar surface area (TPSA) is 48.9 Å². The monoisotopic (exact) mass is 480 g/mol. The normalized spacial score (nSPS) is 18.9. The third-order valence-corrected chi connectivity index (χ3v) is 3.84. The van der Waals surface area contributed by atoms with E-state index in [1.165, 1.54) is 4.90 Å². The molecule has 1 heterocycles. The number of ether oxygens (including phenoxy) is 1. The number of likely N-dealkylation sites (tertiary alicyclic amines) is 1. The van der Waals surface area contributed by atoms with Gasteiger partial charge in [-0.05, 0) is 45.6 Å². The number of nitrogens with zero attached hydrogens (tertiary/aromatic N) is 2. The number of hydrogen-bond donors (Lipinski definition) is 2. The number of halogens is 4. The maximum Gasteiger partial charge on any atom is 0.401 e. The minimum absolute atomic E-state index is 0. The Labute approximate surface area is 166 Å². The number of hydrogen-bond acceptors (Lipinski definition) is 3. The predicted molar refractivity (Wildman–Crippen MR) is 106 cm³/mol. The van der Waals surface area contributed by atoms with Gasteiger partial charge >= 0.3 is 6.18 Å². The van der Waals surface area contributed by atoms with Crippen molar-refractivity contribution in [3.05, 3.63) is 0 Å². The molecule has 1 atom stereocenters. The summed E-state index contributed by atoms with van der Waals surface area (Å²) in [6.45, 7) is 7.76. The van der Waals surface area contributed by atoms with Crippen molar-refractivity contribution in [2.24, 2.45) is 10.9 Å². The first-order chi connectivity index (χ1) is 11.4. The summed E-state index contributed by atoms with van der Waals surface area (Å²) >= 11 is 0. The van der Waals surface area contributed by atoms with Gasteiger partial charge in [-0.2, -0.15) is 13.2 Å². The first kappa shape index (κ1) is 24.7. The Kier molecular flexibility index (Phi) is 13.7. The predicted octanol–water partition coefficient (Wildman–Crippen LogP) is 2.86. The molecule has 1 aliphatic rings. The van der Waals surface area contributed by atoms with Gasteiger partial charge < -0.3 is 15.4 Å². The molecule has 0 aromatic heterocycles. The summed E-state index contributed by atoms with van der Waals surface area (Å²) in [6, 6.07) is 0. The highest BCUT2D eigenvalue weighted by molar-refractivity contribution is 14.0. The Bertz CT molecular complexity index is 370. The highest BCUT2D eigenvalue weighted by Crippen LogP contribution is 2.22. The summed E-state index contributed by atoms with van der Waals surface area (Å²) in [5.74, 6) is 0.934. The Hall–Kier alpha value is -0.290. The van der Waals surface area contributed by atoms with Gasteiger partial charge in [0.2, 0.25) is 0 Å². The van der Waals surface area contributed by atoms with Gasteiger partial charge in [-0.3, -0.25) is 9.89 Å². The van der Waals surface area contributed by atoms with Crippen LogP contribution < -0.4 is 10.6 Å². The molecule has 1 unspecified atom stereocenters. The molecule has 150 valence electrons. The second kappa shape index (κ2) is 13.9. The largest absolute Gasteiger partial charge is 0.401 e. The highest BCUT2D eigenvalue weighted by atomic mass is 127. The summed E-state index contributed by atoms with van der Waals surface area (Å²) < 4.78 is 42.5. The highest BCUT2D eigenvalue weighted by Gasteiger charge is 2.34. The summed E-state index contributed by atoms with van der Waals surface area (Å²) in [5, 5.41) is 6.43. The van der Waals surface area contributed by atoms with Crippen LogP contribution >= 0.6 is 24.0 Å². The van der Waals surface area contributed by atoms with Gasteiger partial charge in [0.1, 0.15) is 0 Å². The number of rotatable bonds is 10. The standard InChI is InChI=1S/C16H31F3N4O.HI/c1-3-20-15(21-8-5-6-10-24-4-2)22-11-14-7-9-23(12-14)13-16(17,18)19;/h14H,3-13H2,1-2H3,(H2,20,21,22);1H. The second-order valence-corrected chi connectivity index (χ2v) is 6.06. The van der Waals surface area contributed by atoms with Gasteiger partial charge in [0, 0.05) is 39.4 Å². The zero-order valence-corrected chi connectivity index (χ0v) is 17.5. The first-order valence-electron chi connectivity index (χ1n) is 8.83. The van der Waals surface area contributed by atoms with Crippen molar-refractivity contribution in [1.29, 1.82) is 0 Å². The van der Waals surface area contributed by atoms with Crippen LogP contribution in [-0.4, -0.2) is 69.5 Å². The SMILES string of the molecule is CCNC(=NCC1CCN(CC(F)(F)F)C1)NCCCCOCC.I. The van der Waals surface area contributed by atoms with Gasteiger partial charge in [-0.1, -0.05) is 0 Å². The van der Waals surface area contributed by atoms with Crippen molar-refractivity contribution in [2.75, 3.05) is 52.5 Å². The summed E-state index contributed by atoms with van der Waals surface area (Å²) in [7, 11) is 0. The van der Waals surface area contributed by atoms with E-state index >= 15 is 0 Å². The molecule has 2 N–H and O–H groups in total. The van der Waals surface area contributed by atoms with E-state index in [2.05, 4.69) is 15.6 Å². The minimum atomic E-state index is -4.11. The lowest BCUT2D eigenvalue weighted by atomic mass is 10.1. The van der Waals surface area contributed by atoms with Crippen LogP contribution in [0.3, 0.4) is 0 Å². The lowest BCUT2D eigenvalue weighted by Gasteiger charge is -2.17. The minimum Gasteiger partial charge on any atom is -0.382 e. The Morgan fingerprint density at radius 2 is 2.00 bits per heavy atom. The van der Waals surface area contributed by atoms with Crippen molar-refractivity contribution in [3.8, 4) is 0 Å². The van der Waals surface area contributed by atoms with Crippen LogP contribution in [0.1, 0.15) is 33.1 Å². The second-order valence-electron chi connectivity index (χ2n) is 6.06. The number of unbranched alkanes of at least 4 members (excludes halogenated alkanes) is 1. The molecule has 0 amide bonds. The first-order valence-corrected chi connectivity index (χ1v) is 8.83. The molecule has 0 aliphatic carbocycles. The van der Waals surface area contributed by atoms with Crippen molar-refractivity contribution >= 4 is 29.9 Å². The van der Waals surface area contributed by atoms with E-state index in [9.17, 15) is 13.2 Å². The molecule has 0 spiro atoms. The molecule has 25 heavy (non-hydrogen) atoms. The summed E-state index contributed by atoms with van der Waals surface area (Å²) in [4.78, 5) is 5.98. The average Bonchev–Trinajstić information content (AvgIpc) is 2.93. The molecule has 9 heteroatoms. The number of alkyl halides is 3. The summed E-state index contributed by atoms with van der Waals surface area (Å²) in [5.41, 5.74) is 0. The fraction of sp³-hybridized carbons (Fsp3) is 0.938. The van der Waals surface area contributed by atoms with E-state index in [1.54, 1.807) is 0 Å².